The number of furan rings is 1. The monoisotopic (exact) mass is 306 g/mol. The third kappa shape index (κ3) is 2.26. The van der Waals surface area contributed by atoms with Gasteiger partial charge >= 0.3 is 5.78 Å². The third-order valence-electron chi connectivity index (χ3n) is 3.42. The van der Waals surface area contributed by atoms with E-state index in [0.29, 0.717) is 16.7 Å². The van der Waals surface area contributed by atoms with E-state index < -0.39 is 5.91 Å². The molecule has 23 heavy (non-hydrogen) atoms. The number of amides is 1. The van der Waals surface area contributed by atoms with Crippen LogP contribution in [0.5, 0.6) is 0 Å². The molecule has 0 saturated heterocycles. The van der Waals surface area contributed by atoms with Gasteiger partial charge in [-0.2, -0.15) is 0 Å². The molecule has 0 spiro atoms. The Hall–Kier alpha value is -3.41. The number of anilines is 1. The molecule has 1 amide bonds. The molecule has 0 aliphatic carbocycles. The summed E-state index contributed by atoms with van der Waals surface area (Å²) in [6.07, 6.45) is 3.11. The highest BCUT2D eigenvalue weighted by atomic mass is 16.5. The molecule has 4 aromatic rings. The molecule has 0 aliphatic rings. The summed E-state index contributed by atoms with van der Waals surface area (Å²) >= 11 is 0. The molecule has 0 fully saturated rings. The van der Waals surface area contributed by atoms with Crippen molar-refractivity contribution in [3.63, 3.8) is 0 Å². The first-order valence-corrected chi connectivity index (χ1v) is 6.89. The summed E-state index contributed by atoms with van der Waals surface area (Å²) in [7, 11) is 0. The number of nitrogens with one attached hydrogen (secondary N) is 1. The van der Waals surface area contributed by atoms with Crippen molar-refractivity contribution in [2.75, 3.05) is 5.32 Å². The van der Waals surface area contributed by atoms with Gasteiger partial charge in [-0.05, 0) is 24.3 Å². The predicted octanol–water partition coefficient (Wildman–Crippen LogP) is 3.19. The van der Waals surface area contributed by atoms with E-state index in [4.69, 9.17) is 8.83 Å². The van der Waals surface area contributed by atoms with Crippen LogP contribution < -0.4 is 10.7 Å². The summed E-state index contributed by atoms with van der Waals surface area (Å²) in [5, 5.41) is 3.32. The predicted molar refractivity (Wildman–Crippen MR) is 84.4 cm³/mol. The maximum Gasteiger partial charge on any atom is 0.302 e. The lowest BCUT2D eigenvalue weighted by Crippen LogP contribution is -2.10. The quantitative estimate of drug-likeness (QED) is 0.614. The third-order valence-corrected chi connectivity index (χ3v) is 3.42. The fraction of sp³-hybridized carbons (Fsp3) is 0. The van der Waals surface area contributed by atoms with Crippen molar-refractivity contribution in [2.24, 2.45) is 0 Å². The molecule has 0 saturated carbocycles. The number of para-hydroxylation sites is 1. The topological polar surface area (TPSA) is 85.3 Å². The van der Waals surface area contributed by atoms with E-state index >= 15 is 0 Å². The van der Waals surface area contributed by atoms with Crippen molar-refractivity contribution >= 4 is 33.7 Å². The van der Waals surface area contributed by atoms with E-state index in [1.807, 2.05) is 0 Å². The fourth-order valence-electron chi connectivity index (χ4n) is 2.34. The fourth-order valence-corrected chi connectivity index (χ4v) is 2.34. The standard InChI is InChI=1S/C17H10N2O4/c20-15-11-5-1-2-6-13(11)22-17-12(15)8-14(23-17)16(21)19-10-4-3-7-18-9-10/h1-9H,(H,19,21). The highest BCUT2D eigenvalue weighted by Gasteiger charge is 2.17. The van der Waals surface area contributed by atoms with E-state index in [0.717, 1.165) is 0 Å². The van der Waals surface area contributed by atoms with Crippen LogP contribution in [0.3, 0.4) is 0 Å². The van der Waals surface area contributed by atoms with Gasteiger partial charge in [0.25, 0.3) is 5.91 Å². The number of aromatic nitrogens is 1. The summed E-state index contributed by atoms with van der Waals surface area (Å²) in [6.45, 7) is 0. The molecule has 0 radical (unpaired) electrons. The SMILES string of the molecule is O=C(Nc1cccnc1)c1cc2c(=O)c3ccccc3oc2o1. The van der Waals surface area contributed by atoms with Gasteiger partial charge in [0.1, 0.15) is 11.0 Å². The Labute approximate surface area is 129 Å². The molecule has 0 unspecified atom stereocenters. The highest BCUT2D eigenvalue weighted by molar-refractivity contribution is 6.04. The van der Waals surface area contributed by atoms with Crippen molar-refractivity contribution in [1.29, 1.82) is 0 Å². The summed E-state index contributed by atoms with van der Waals surface area (Å²) < 4.78 is 10.9. The Balaban J connectivity index is 1.80. The van der Waals surface area contributed by atoms with Crippen LogP contribution in [-0.2, 0) is 0 Å². The second kappa shape index (κ2) is 5.10. The number of fused-ring (bicyclic) bond motifs is 2. The van der Waals surface area contributed by atoms with Gasteiger partial charge in [-0.1, -0.05) is 12.1 Å². The first-order chi connectivity index (χ1) is 11.2. The van der Waals surface area contributed by atoms with Gasteiger partial charge in [-0.25, -0.2) is 0 Å². The number of benzene rings is 1. The summed E-state index contributed by atoms with van der Waals surface area (Å²) in [5.74, 6) is -0.446. The Bertz CT molecular complexity index is 1080. The average Bonchev–Trinajstić information content (AvgIpc) is 3.00. The van der Waals surface area contributed by atoms with Crippen LogP contribution in [0.1, 0.15) is 10.6 Å². The van der Waals surface area contributed by atoms with Crippen molar-refractivity contribution in [3.8, 4) is 0 Å². The molecule has 0 atom stereocenters. The number of nitrogens with zero attached hydrogens (tertiary/aromatic N) is 1. The van der Waals surface area contributed by atoms with Crippen LogP contribution in [0.15, 0.2) is 68.5 Å². The van der Waals surface area contributed by atoms with Crippen LogP contribution >= 0.6 is 0 Å². The van der Waals surface area contributed by atoms with Crippen LogP contribution in [0.25, 0.3) is 22.1 Å². The number of hydrogen-bond acceptors (Lipinski definition) is 5. The number of carbonyl (C=O) groups excluding carboxylic acids is 1. The van der Waals surface area contributed by atoms with Gasteiger partial charge in [0.15, 0.2) is 5.76 Å². The van der Waals surface area contributed by atoms with Crippen LogP contribution in [0.2, 0.25) is 0 Å². The van der Waals surface area contributed by atoms with Crippen LogP contribution in [0.4, 0.5) is 5.69 Å². The zero-order valence-electron chi connectivity index (χ0n) is 11.8. The smallest absolute Gasteiger partial charge is 0.302 e. The number of rotatable bonds is 2. The molecule has 3 heterocycles. The van der Waals surface area contributed by atoms with Crippen molar-refractivity contribution in [2.45, 2.75) is 0 Å². The van der Waals surface area contributed by atoms with E-state index in [1.54, 1.807) is 42.6 Å². The molecule has 0 aliphatic heterocycles. The van der Waals surface area contributed by atoms with Crippen LogP contribution in [-0.4, -0.2) is 10.9 Å². The summed E-state index contributed by atoms with van der Waals surface area (Å²) in [6, 6.07) is 11.6. The minimum Gasteiger partial charge on any atom is -0.425 e. The van der Waals surface area contributed by atoms with E-state index in [9.17, 15) is 9.59 Å². The lowest BCUT2D eigenvalue weighted by molar-refractivity contribution is 0.0997. The van der Waals surface area contributed by atoms with E-state index in [1.165, 1.54) is 12.3 Å². The molecule has 1 aromatic carbocycles. The molecular formula is C17H10N2O4. The Kier molecular flexibility index (Phi) is 2.94. The second-order valence-electron chi connectivity index (χ2n) is 4.93. The van der Waals surface area contributed by atoms with Gasteiger partial charge < -0.3 is 14.2 Å². The molecule has 6 heteroatoms. The molecule has 6 nitrogen and oxygen atoms in total. The van der Waals surface area contributed by atoms with E-state index in [-0.39, 0.29) is 22.4 Å². The Morgan fingerprint density at radius 2 is 1.91 bits per heavy atom. The second-order valence-corrected chi connectivity index (χ2v) is 4.93. The van der Waals surface area contributed by atoms with Gasteiger partial charge in [0.2, 0.25) is 5.43 Å². The molecule has 112 valence electrons. The maximum atomic E-state index is 12.4. The molecular weight excluding hydrogens is 296 g/mol. The van der Waals surface area contributed by atoms with Gasteiger partial charge in [0.05, 0.1) is 17.3 Å². The van der Waals surface area contributed by atoms with Crippen molar-refractivity contribution in [1.82, 2.24) is 4.98 Å². The zero-order chi connectivity index (χ0) is 15.8. The molecule has 4 rings (SSSR count). The van der Waals surface area contributed by atoms with Crippen LogP contribution in [0, 0.1) is 0 Å². The minimum atomic E-state index is -0.479. The van der Waals surface area contributed by atoms with Gasteiger partial charge in [-0.3, -0.25) is 14.6 Å². The summed E-state index contributed by atoms with van der Waals surface area (Å²) in [5.41, 5.74) is 0.715. The van der Waals surface area contributed by atoms with Crippen molar-refractivity contribution < 1.29 is 13.6 Å². The molecule has 3 aromatic heterocycles. The molecule has 0 bridgehead atoms. The highest BCUT2D eigenvalue weighted by Crippen LogP contribution is 2.22. The summed E-state index contributed by atoms with van der Waals surface area (Å²) in [4.78, 5) is 28.5. The van der Waals surface area contributed by atoms with Crippen molar-refractivity contribution in [3.05, 3.63) is 70.8 Å². The first kappa shape index (κ1) is 13.3. The lowest BCUT2D eigenvalue weighted by atomic mass is 10.2. The number of hydrogen-bond donors (Lipinski definition) is 1. The normalized spacial score (nSPS) is 11.0. The largest absolute Gasteiger partial charge is 0.425 e. The van der Waals surface area contributed by atoms with Gasteiger partial charge in [0, 0.05) is 12.3 Å². The first-order valence-electron chi connectivity index (χ1n) is 6.89. The van der Waals surface area contributed by atoms with Gasteiger partial charge in [-0.15, -0.1) is 0 Å². The average molecular weight is 306 g/mol. The lowest BCUT2D eigenvalue weighted by Gasteiger charge is -2.00. The number of carbonyl (C=O) groups is 1. The van der Waals surface area contributed by atoms with E-state index in [2.05, 4.69) is 10.3 Å². The Morgan fingerprint density at radius 1 is 1.04 bits per heavy atom. The Morgan fingerprint density at radius 3 is 2.74 bits per heavy atom. The maximum absolute atomic E-state index is 12.4. The number of pyridine rings is 1. The minimum absolute atomic E-state index is 0.00000850. The zero-order valence-corrected chi connectivity index (χ0v) is 11.8. The molecule has 1 N–H and O–H groups in total.